The number of hydrogen-bond donors (Lipinski definition) is 1. The van der Waals surface area contributed by atoms with Gasteiger partial charge in [-0.1, -0.05) is 52.0 Å². The van der Waals surface area contributed by atoms with Gasteiger partial charge in [-0.15, -0.1) is 0 Å². The molecule has 0 radical (unpaired) electrons. The van der Waals surface area contributed by atoms with E-state index in [1.807, 2.05) is 7.05 Å². The molecule has 0 aromatic heterocycles. The van der Waals surface area contributed by atoms with Crippen LogP contribution in [-0.4, -0.2) is 30.4 Å². The van der Waals surface area contributed by atoms with E-state index in [4.69, 9.17) is 0 Å². The molecular formula is C18H30N2O. The summed E-state index contributed by atoms with van der Waals surface area (Å²) in [5.41, 5.74) is 2.65. The van der Waals surface area contributed by atoms with Crippen molar-refractivity contribution in [3.63, 3.8) is 0 Å². The molecule has 1 aromatic carbocycles. The summed E-state index contributed by atoms with van der Waals surface area (Å²) >= 11 is 0. The fraction of sp³-hybridized carbons (Fsp3) is 0.611. The summed E-state index contributed by atoms with van der Waals surface area (Å²) in [7, 11) is 1.86. The lowest BCUT2D eigenvalue weighted by Gasteiger charge is -2.21. The number of nitrogens with zero attached hydrogens (tertiary/aromatic N) is 1. The molecule has 1 N–H and O–H groups in total. The second-order valence-electron chi connectivity index (χ2n) is 6.89. The van der Waals surface area contributed by atoms with Crippen LogP contribution in [0.3, 0.4) is 0 Å². The standard InChI is InChI=1S/C18H30N2O/c1-7-14(2)19-12-17(21)20(6)13-15-8-10-16(11-9-15)18(3,4)5/h8-11,14,19H,7,12-13H2,1-6H3. The monoisotopic (exact) mass is 290 g/mol. The minimum atomic E-state index is 0.134. The van der Waals surface area contributed by atoms with Crippen LogP contribution in [0, 0.1) is 0 Å². The molecule has 1 unspecified atom stereocenters. The molecule has 1 aromatic rings. The Labute approximate surface area is 129 Å². The van der Waals surface area contributed by atoms with Crippen molar-refractivity contribution in [3.8, 4) is 0 Å². The molecule has 118 valence electrons. The maximum absolute atomic E-state index is 12.1. The lowest BCUT2D eigenvalue weighted by molar-refractivity contribution is -0.129. The van der Waals surface area contributed by atoms with E-state index in [2.05, 4.69) is 64.2 Å². The molecule has 0 saturated heterocycles. The molecule has 0 saturated carbocycles. The maximum Gasteiger partial charge on any atom is 0.236 e. The highest BCUT2D eigenvalue weighted by atomic mass is 16.2. The molecule has 0 aliphatic rings. The highest BCUT2D eigenvalue weighted by molar-refractivity contribution is 5.78. The van der Waals surface area contributed by atoms with Crippen molar-refractivity contribution in [1.29, 1.82) is 0 Å². The van der Waals surface area contributed by atoms with Crippen LogP contribution in [0.4, 0.5) is 0 Å². The SMILES string of the molecule is CCC(C)NCC(=O)N(C)Cc1ccc(C(C)(C)C)cc1. The number of rotatable bonds is 6. The first-order valence-corrected chi connectivity index (χ1v) is 7.80. The lowest BCUT2D eigenvalue weighted by Crippen LogP contribution is -2.38. The first-order valence-electron chi connectivity index (χ1n) is 7.80. The second-order valence-corrected chi connectivity index (χ2v) is 6.89. The minimum absolute atomic E-state index is 0.134. The zero-order valence-electron chi connectivity index (χ0n) is 14.4. The molecule has 1 atom stereocenters. The van der Waals surface area contributed by atoms with Crippen LogP contribution in [0.5, 0.6) is 0 Å². The van der Waals surface area contributed by atoms with Crippen LogP contribution in [0.2, 0.25) is 0 Å². The third kappa shape index (κ3) is 5.88. The number of amides is 1. The van der Waals surface area contributed by atoms with Gasteiger partial charge in [-0.05, 0) is 29.9 Å². The molecule has 0 aliphatic heterocycles. The highest BCUT2D eigenvalue weighted by Gasteiger charge is 2.14. The summed E-state index contributed by atoms with van der Waals surface area (Å²) < 4.78 is 0. The van der Waals surface area contributed by atoms with Crippen molar-refractivity contribution in [2.24, 2.45) is 0 Å². The number of nitrogens with one attached hydrogen (secondary N) is 1. The Balaban J connectivity index is 2.54. The molecule has 1 amide bonds. The third-order valence-corrected chi connectivity index (χ3v) is 3.88. The Morgan fingerprint density at radius 2 is 1.81 bits per heavy atom. The first-order chi connectivity index (χ1) is 9.74. The maximum atomic E-state index is 12.1. The third-order valence-electron chi connectivity index (χ3n) is 3.88. The molecule has 3 nitrogen and oxygen atoms in total. The average molecular weight is 290 g/mol. The van der Waals surface area contributed by atoms with Crippen molar-refractivity contribution in [1.82, 2.24) is 10.2 Å². The van der Waals surface area contributed by atoms with Gasteiger partial charge >= 0.3 is 0 Å². The number of carbonyl (C=O) groups is 1. The van der Waals surface area contributed by atoms with E-state index >= 15 is 0 Å². The van der Waals surface area contributed by atoms with Gasteiger partial charge < -0.3 is 10.2 Å². The van der Waals surface area contributed by atoms with E-state index < -0.39 is 0 Å². The Hall–Kier alpha value is -1.35. The largest absolute Gasteiger partial charge is 0.340 e. The van der Waals surface area contributed by atoms with Crippen LogP contribution < -0.4 is 5.32 Å². The zero-order chi connectivity index (χ0) is 16.0. The molecule has 3 heteroatoms. The number of benzene rings is 1. The van der Waals surface area contributed by atoms with E-state index in [1.54, 1.807) is 4.90 Å². The van der Waals surface area contributed by atoms with Gasteiger partial charge in [-0.2, -0.15) is 0 Å². The van der Waals surface area contributed by atoms with Crippen LogP contribution in [0.1, 0.15) is 52.2 Å². The van der Waals surface area contributed by atoms with Crippen LogP contribution in [0.25, 0.3) is 0 Å². The van der Waals surface area contributed by atoms with Crippen molar-refractivity contribution in [3.05, 3.63) is 35.4 Å². The predicted molar refractivity (Wildman–Crippen MR) is 89.4 cm³/mol. The predicted octanol–water partition coefficient (Wildman–Crippen LogP) is 3.33. The summed E-state index contributed by atoms with van der Waals surface area (Å²) in [4.78, 5) is 13.8. The summed E-state index contributed by atoms with van der Waals surface area (Å²) in [5.74, 6) is 0.134. The molecular weight excluding hydrogens is 260 g/mol. The van der Waals surface area contributed by atoms with E-state index in [0.717, 1.165) is 6.42 Å². The van der Waals surface area contributed by atoms with Gasteiger partial charge in [0, 0.05) is 19.6 Å². The fourth-order valence-electron chi connectivity index (χ4n) is 2.01. The van der Waals surface area contributed by atoms with Gasteiger partial charge in [-0.25, -0.2) is 0 Å². The quantitative estimate of drug-likeness (QED) is 0.871. The fourth-order valence-corrected chi connectivity index (χ4v) is 2.01. The van der Waals surface area contributed by atoms with Gasteiger partial charge in [0.05, 0.1) is 6.54 Å². The van der Waals surface area contributed by atoms with E-state index in [-0.39, 0.29) is 11.3 Å². The topological polar surface area (TPSA) is 32.3 Å². The van der Waals surface area contributed by atoms with Gasteiger partial charge in [0.25, 0.3) is 0 Å². The number of likely N-dealkylation sites (N-methyl/N-ethyl adjacent to an activating group) is 1. The van der Waals surface area contributed by atoms with E-state index in [0.29, 0.717) is 19.1 Å². The van der Waals surface area contributed by atoms with Gasteiger partial charge in [0.2, 0.25) is 5.91 Å². The summed E-state index contributed by atoms with van der Waals surface area (Å²) in [6, 6.07) is 8.93. The Kier molecular flexibility index (Phi) is 6.41. The number of hydrogen-bond acceptors (Lipinski definition) is 2. The summed E-state index contributed by atoms with van der Waals surface area (Å²) in [6.45, 7) is 11.9. The van der Waals surface area contributed by atoms with E-state index in [9.17, 15) is 4.79 Å². The van der Waals surface area contributed by atoms with Crippen molar-refractivity contribution in [2.75, 3.05) is 13.6 Å². The normalized spacial score (nSPS) is 13.0. The van der Waals surface area contributed by atoms with Crippen LogP contribution >= 0.6 is 0 Å². The molecule has 1 rings (SSSR count). The van der Waals surface area contributed by atoms with E-state index in [1.165, 1.54) is 11.1 Å². The van der Waals surface area contributed by atoms with Gasteiger partial charge in [0.1, 0.15) is 0 Å². The van der Waals surface area contributed by atoms with Crippen LogP contribution in [0.15, 0.2) is 24.3 Å². The first kappa shape index (κ1) is 17.7. The Morgan fingerprint density at radius 1 is 1.24 bits per heavy atom. The second kappa shape index (κ2) is 7.60. The van der Waals surface area contributed by atoms with Gasteiger partial charge in [-0.3, -0.25) is 4.79 Å². The molecule has 0 heterocycles. The smallest absolute Gasteiger partial charge is 0.236 e. The molecule has 0 bridgehead atoms. The molecule has 21 heavy (non-hydrogen) atoms. The molecule has 0 aliphatic carbocycles. The Morgan fingerprint density at radius 3 is 2.29 bits per heavy atom. The average Bonchev–Trinajstić information content (AvgIpc) is 2.43. The van der Waals surface area contributed by atoms with Crippen LogP contribution in [-0.2, 0) is 16.8 Å². The number of carbonyl (C=O) groups excluding carboxylic acids is 1. The zero-order valence-corrected chi connectivity index (χ0v) is 14.4. The summed E-state index contributed by atoms with van der Waals surface area (Å²) in [6.07, 6.45) is 1.03. The van der Waals surface area contributed by atoms with Crippen molar-refractivity contribution < 1.29 is 4.79 Å². The van der Waals surface area contributed by atoms with Gasteiger partial charge in [0.15, 0.2) is 0 Å². The lowest BCUT2D eigenvalue weighted by atomic mass is 9.87. The molecule has 0 spiro atoms. The Bertz CT molecular complexity index is 445. The van der Waals surface area contributed by atoms with Crippen molar-refractivity contribution in [2.45, 2.75) is 59.0 Å². The van der Waals surface area contributed by atoms with Crippen molar-refractivity contribution >= 4 is 5.91 Å². The minimum Gasteiger partial charge on any atom is -0.340 e. The summed E-state index contributed by atoms with van der Waals surface area (Å²) in [5, 5.41) is 3.24. The highest BCUT2D eigenvalue weighted by Crippen LogP contribution is 2.22. The molecule has 0 fully saturated rings.